The summed E-state index contributed by atoms with van der Waals surface area (Å²) in [5.74, 6) is -2.60. The zero-order chi connectivity index (χ0) is 13.1. The molecule has 1 N–H and O–H groups in total. The number of aromatic nitrogens is 1. The lowest BCUT2D eigenvalue weighted by Crippen LogP contribution is -2.15. The van der Waals surface area contributed by atoms with Gasteiger partial charge in [-0.2, -0.15) is 0 Å². The van der Waals surface area contributed by atoms with Gasteiger partial charge in [0.25, 0.3) is 5.91 Å². The van der Waals surface area contributed by atoms with Gasteiger partial charge in [-0.05, 0) is 31.2 Å². The van der Waals surface area contributed by atoms with Crippen LogP contribution in [0.15, 0.2) is 36.5 Å². The topological polar surface area (TPSA) is 42.0 Å². The second-order valence-electron chi connectivity index (χ2n) is 3.74. The molecule has 3 nitrogen and oxygen atoms in total. The number of nitrogens with one attached hydrogen (secondary N) is 1. The van der Waals surface area contributed by atoms with Crippen LogP contribution in [0.1, 0.15) is 16.1 Å². The van der Waals surface area contributed by atoms with Crippen LogP contribution in [0.3, 0.4) is 0 Å². The number of aryl methyl sites for hydroxylation is 1. The highest BCUT2D eigenvalue weighted by molar-refractivity contribution is 6.04. The van der Waals surface area contributed by atoms with Gasteiger partial charge in [0.1, 0.15) is 17.2 Å². The molecule has 0 bridgehead atoms. The molecule has 18 heavy (non-hydrogen) atoms. The van der Waals surface area contributed by atoms with Gasteiger partial charge >= 0.3 is 0 Å². The third kappa shape index (κ3) is 2.51. The van der Waals surface area contributed by atoms with E-state index in [2.05, 4.69) is 10.3 Å². The fourth-order valence-corrected chi connectivity index (χ4v) is 1.53. The van der Waals surface area contributed by atoms with Crippen molar-refractivity contribution in [2.75, 3.05) is 5.32 Å². The molecule has 1 heterocycles. The first kappa shape index (κ1) is 12.2. The fourth-order valence-electron chi connectivity index (χ4n) is 1.53. The van der Waals surface area contributed by atoms with Crippen LogP contribution in [0.4, 0.5) is 14.5 Å². The van der Waals surface area contributed by atoms with Crippen molar-refractivity contribution in [3.63, 3.8) is 0 Å². The van der Waals surface area contributed by atoms with E-state index in [1.54, 1.807) is 19.1 Å². The summed E-state index contributed by atoms with van der Waals surface area (Å²) >= 11 is 0. The van der Waals surface area contributed by atoms with Gasteiger partial charge in [-0.15, -0.1) is 0 Å². The summed E-state index contributed by atoms with van der Waals surface area (Å²) in [5.41, 5.74) is 0.545. The SMILES string of the molecule is Cc1cc(NC(=O)c2c(F)cccc2F)ccn1. The Bertz CT molecular complexity index is 579. The predicted octanol–water partition coefficient (Wildman–Crippen LogP) is 2.92. The van der Waals surface area contributed by atoms with E-state index in [0.717, 1.165) is 12.1 Å². The van der Waals surface area contributed by atoms with Crippen molar-refractivity contribution in [1.29, 1.82) is 0 Å². The normalized spacial score (nSPS) is 10.2. The monoisotopic (exact) mass is 248 g/mol. The molecular formula is C13H10F2N2O. The summed E-state index contributed by atoms with van der Waals surface area (Å²) in [6.45, 7) is 1.75. The van der Waals surface area contributed by atoms with Gasteiger partial charge in [-0.25, -0.2) is 8.78 Å². The maximum Gasteiger partial charge on any atom is 0.261 e. The van der Waals surface area contributed by atoms with E-state index in [1.807, 2.05) is 0 Å². The Balaban J connectivity index is 2.28. The highest BCUT2D eigenvalue weighted by Gasteiger charge is 2.16. The highest BCUT2D eigenvalue weighted by Crippen LogP contribution is 2.15. The zero-order valence-corrected chi connectivity index (χ0v) is 9.58. The van der Waals surface area contributed by atoms with Gasteiger partial charge in [-0.1, -0.05) is 6.07 Å². The van der Waals surface area contributed by atoms with Crippen molar-refractivity contribution >= 4 is 11.6 Å². The number of halogens is 2. The third-order valence-electron chi connectivity index (χ3n) is 2.34. The molecule has 1 aromatic heterocycles. The molecule has 5 heteroatoms. The van der Waals surface area contributed by atoms with E-state index in [4.69, 9.17) is 0 Å². The standard InChI is InChI=1S/C13H10F2N2O/c1-8-7-9(5-6-16-8)17-13(18)12-10(14)3-2-4-11(12)15/h2-7H,1H3,(H,16,17,18). The molecule has 0 atom stereocenters. The van der Waals surface area contributed by atoms with E-state index < -0.39 is 23.1 Å². The zero-order valence-electron chi connectivity index (χ0n) is 9.58. The van der Waals surface area contributed by atoms with Crippen LogP contribution in [0.2, 0.25) is 0 Å². The van der Waals surface area contributed by atoms with Crippen molar-refractivity contribution in [3.8, 4) is 0 Å². The number of pyridine rings is 1. The van der Waals surface area contributed by atoms with Crippen LogP contribution >= 0.6 is 0 Å². The maximum absolute atomic E-state index is 13.4. The van der Waals surface area contributed by atoms with Crippen LogP contribution in [-0.2, 0) is 0 Å². The molecule has 1 aromatic carbocycles. The number of nitrogens with zero attached hydrogens (tertiary/aromatic N) is 1. The summed E-state index contributed by atoms with van der Waals surface area (Å²) in [6.07, 6.45) is 1.50. The van der Waals surface area contributed by atoms with Gasteiger partial charge in [0.15, 0.2) is 0 Å². The molecule has 2 rings (SSSR count). The van der Waals surface area contributed by atoms with Crippen LogP contribution in [-0.4, -0.2) is 10.9 Å². The largest absolute Gasteiger partial charge is 0.322 e. The van der Waals surface area contributed by atoms with Crippen molar-refractivity contribution in [3.05, 3.63) is 59.4 Å². The van der Waals surface area contributed by atoms with Gasteiger partial charge in [0.2, 0.25) is 0 Å². The molecule has 92 valence electrons. The third-order valence-corrected chi connectivity index (χ3v) is 2.34. The Kier molecular flexibility index (Phi) is 3.32. The van der Waals surface area contributed by atoms with Crippen LogP contribution in [0.5, 0.6) is 0 Å². The van der Waals surface area contributed by atoms with E-state index in [1.165, 1.54) is 12.3 Å². The van der Waals surface area contributed by atoms with Gasteiger partial charge in [-0.3, -0.25) is 9.78 Å². The Labute approximate surface area is 102 Å². The summed E-state index contributed by atoms with van der Waals surface area (Å²) in [6, 6.07) is 6.43. The molecule has 0 saturated heterocycles. The summed E-state index contributed by atoms with van der Waals surface area (Å²) in [7, 11) is 0. The number of carbonyl (C=O) groups excluding carboxylic acids is 1. The number of hydrogen-bond acceptors (Lipinski definition) is 2. The molecule has 0 spiro atoms. The van der Waals surface area contributed by atoms with Gasteiger partial charge in [0, 0.05) is 17.6 Å². The average molecular weight is 248 g/mol. The molecule has 1 amide bonds. The smallest absolute Gasteiger partial charge is 0.261 e. The molecule has 0 aliphatic carbocycles. The van der Waals surface area contributed by atoms with E-state index in [0.29, 0.717) is 11.4 Å². The van der Waals surface area contributed by atoms with Crippen LogP contribution in [0.25, 0.3) is 0 Å². The summed E-state index contributed by atoms with van der Waals surface area (Å²) in [5, 5.41) is 2.42. The number of carbonyl (C=O) groups is 1. The second-order valence-corrected chi connectivity index (χ2v) is 3.74. The lowest BCUT2D eigenvalue weighted by Gasteiger charge is -2.07. The number of amides is 1. The number of benzene rings is 1. The summed E-state index contributed by atoms with van der Waals surface area (Å²) in [4.78, 5) is 15.7. The lowest BCUT2D eigenvalue weighted by atomic mass is 10.2. The number of rotatable bonds is 2. The number of hydrogen-bond donors (Lipinski definition) is 1. The van der Waals surface area contributed by atoms with Crippen molar-refractivity contribution in [2.24, 2.45) is 0 Å². The van der Waals surface area contributed by atoms with E-state index in [-0.39, 0.29) is 0 Å². The first-order chi connectivity index (χ1) is 8.58. The predicted molar refractivity (Wildman–Crippen MR) is 63.3 cm³/mol. The van der Waals surface area contributed by atoms with Crippen molar-refractivity contribution < 1.29 is 13.6 Å². The Morgan fingerprint density at radius 1 is 1.22 bits per heavy atom. The Morgan fingerprint density at radius 3 is 2.50 bits per heavy atom. The fraction of sp³-hybridized carbons (Fsp3) is 0.0769. The molecular weight excluding hydrogens is 238 g/mol. The molecule has 0 unspecified atom stereocenters. The van der Waals surface area contributed by atoms with Crippen LogP contribution < -0.4 is 5.32 Å². The van der Waals surface area contributed by atoms with Crippen molar-refractivity contribution in [2.45, 2.75) is 6.92 Å². The average Bonchev–Trinajstić information content (AvgIpc) is 2.28. The lowest BCUT2D eigenvalue weighted by molar-refractivity contribution is 0.101. The minimum atomic E-state index is -0.890. The first-order valence-corrected chi connectivity index (χ1v) is 5.26. The molecule has 0 aliphatic rings. The first-order valence-electron chi connectivity index (χ1n) is 5.26. The molecule has 2 aromatic rings. The van der Waals surface area contributed by atoms with Crippen LogP contribution in [0, 0.1) is 18.6 Å². The summed E-state index contributed by atoms with van der Waals surface area (Å²) < 4.78 is 26.7. The molecule has 0 radical (unpaired) electrons. The van der Waals surface area contributed by atoms with Crippen molar-refractivity contribution in [1.82, 2.24) is 4.98 Å². The second kappa shape index (κ2) is 4.91. The minimum Gasteiger partial charge on any atom is -0.322 e. The maximum atomic E-state index is 13.4. The quantitative estimate of drug-likeness (QED) is 0.887. The highest BCUT2D eigenvalue weighted by atomic mass is 19.1. The Morgan fingerprint density at radius 2 is 1.89 bits per heavy atom. The molecule has 0 fully saturated rings. The Hall–Kier alpha value is -2.30. The molecule has 0 aliphatic heterocycles. The minimum absolute atomic E-state index is 0.440. The van der Waals surface area contributed by atoms with Gasteiger partial charge < -0.3 is 5.32 Å². The van der Waals surface area contributed by atoms with E-state index in [9.17, 15) is 13.6 Å². The molecule has 0 saturated carbocycles. The van der Waals surface area contributed by atoms with E-state index >= 15 is 0 Å². The number of anilines is 1. The van der Waals surface area contributed by atoms with Gasteiger partial charge in [0.05, 0.1) is 0 Å².